The Morgan fingerprint density at radius 1 is 1.07 bits per heavy atom. The lowest BCUT2D eigenvalue weighted by Crippen LogP contribution is -2.66. The first-order chi connectivity index (χ1) is 19.7. The molecular weight excluding hydrogens is 540 g/mol. The van der Waals surface area contributed by atoms with Gasteiger partial charge in [0, 0.05) is 40.5 Å². The number of methoxy groups -OCH3 is 1. The molecule has 7 aliphatic carbocycles. The predicted octanol–water partition coefficient (Wildman–Crippen LogP) is 2.59. The van der Waals surface area contributed by atoms with E-state index >= 15 is 0 Å². The number of ketones is 1. The normalized spacial score (nSPS) is 51.5. The zero-order chi connectivity index (χ0) is 30.0. The SMILES string of the molecule is COC(=O)/C(C)=C1\C(=O)[C@H](O)[C@]2(C)C3=C1[C@]14OC(=O)C(C)=C1C[C@H]1[C@H](COC(C)=O)[C@H]5C[C@H]5[C@]1(C)[C@@H]4C[C@]3(O)[C@H]1C[C@H]12. The van der Waals surface area contributed by atoms with E-state index in [1.165, 1.54) is 21.0 Å². The van der Waals surface area contributed by atoms with Crippen molar-refractivity contribution in [3.05, 3.63) is 33.4 Å². The van der Waals surface area contributed by atoms with Crippen LogP contribution in [-0.2, 0) is 33.4 Å². The molecule has 224 valence electrons. The number of rotatable bonds is 3. The van der Waals surface area contributed by atoms with Gasteiger partial charge in [-0.3, -0.25) is 9.59 Å². The van der Waals surface area contributed by atoms with Gasteiger partial charge in [-0.25, -0.2) is 9.59 Å². The van der Waals surface area contributed by atoms with Gasteiger partial charge >= 0.3 is 17.9 Å². The Bertz CT molecular complexity index is 1530. The number of ether oxygens (including phenoxy) is 3. The topological polar surface area (TPSA) is 136 Å². The fraction of sp³-hybridized carbons (Fsp3) is 0.697. The Balaban J connectivity index is 1.43. The van der Waals surface area contributed by atoms with Gasteiger partial charge in [0.05, 0.1) is 19.3 Å². The molecule has 0 bridgehead atoms. The summed E-state index contributed by atoms with van der Waals surface area (Å²) in [4.78, 5) is 52.8. The molecule has 1 heterocycles. The van der Waals surface area contributed by atoms with E-state index in [4.69, 9.17) is 14.2 Å². The predicted molar refractivity (Wildman–Crippen MR) is 145 cm³/mol. The average Bonchev–Trinajstić information content (AvgIpc) is 3.85. The van der Waals surface area contributed by atoms with Gasteiger partial charge in [0.2, 0.25) is 0 Å². The number of carbonyl (C=O) groups is 4. The molecule has 1 spiro atoms. The van der Waals surface area contributed by atoms with E-state index < -0.39 is 40.4 Å². The first kappa shape index (κ1) is 26.8. The molecule has 9 heteroatoms. The highest BCUT2D eigenvalue weighted by molar-refractivity contribution is 6.12. The summed E-state index contributed by atoms with van der Waals surface area (Å²) in [6.07, 6.45) is 1.10. The standard InChI is InChI=1S/C33H38O9/c1-12-17-8-19-16(11-41-14(3)34)15-7-18(15)30(19,4)22-10-32(39)21-9-20(21)31(5)26(32)24(33(17,22)42-29(12)38)23(25(35)27(31)36)13(2)28(37)40-6/h15-16,18-22,27,36,39H,7-11H2,1-6H3/b23-13-/t15-,16-,18-,19+,20-,21+,22+,27+,30+,31+,32+,33+/m1/s1. The molecule has 0 radical (unpaired) electrons. The number of esters is 3. The summed E-state index contributed by atoms with van der Waals surface area (Å²) in [7, 11) is 1.24. The van der Waals surface area contributed by atoms with Gasteiger partial charge in [-0.1, -0.05) is 13.8 Å². The number of aliphatic hydroxyl groups is 2. The molecule has 5 fully saturated rings. The van der Waals surface area contributed by atoms with Crippen LogP contribution in [0.2, 0.25) is 0 Å². The smallest absolute Gasteiger partial charge is 0.335 e. The van der Waals surface area contributed by atoms with Gasteiger partial charge < -0.3 is 24.4 Å². The van der Waals surface area contributed by atoms with E-state index in [-0.39, 0.29) is 52.1 Å². The summed E-state index contributed by atoms with van der Waals surface area (Å²) < 4.78 is 17.2. The van der Waals surface area contributed by atoms with Gasteiger partial charge in [0.15, 0.2) is 11.4 Å². The molecule has 1 aliphatic heterocycles. The van der Waals surface area contributed by atoms with Crippen LogP contribution in [0.15, 0.2) is 33.4 Å². The van der Waals surface area contributed by atoms with Crippen LogP contribution < -0.4 is 0 Å². The molecule has 0 aromatic rings. The molecule has 0 amide bonds. The van der Waals surface area contributed by atoms with Crippen LogP contribution in [0, 0.1) is 52.3 Å². The summed E-state index contributed by atoms with van der Waals surface area (Å²) >= 11 is 0. The first-order valence-corrected chi connectivity index (χ1v) is 15.3. The molecule has 8 aliphatic rings. The Hall–Kier alpha value is -2.78. The van der Waals surface area contributed by atoms with Gasteiger partial charge in [0.25, 0.3) is 0 Å². The molecule has 0 aromatic carbocycles. The van der Waals surface area contributed by atoms with Crippen molar-refractivity contribution in [2.75, 3.05) is 13.7 Å². The van der Waals surface area contributed by atoms with E-state index in [0.717, 1.165) is 12.0 Å². The van der Waals surface area contributed by atoms with E-state index in [0.29, 0.717) is 54.4 Å². The van der Waals surface area contributed by atoms with Crippen LogP contribution in [0.5, 0.6) is 0 Å². The average molecular weight is 579 g/mol. The summed E-state index contributed by atoms with van der Waals surface area (Å²) in [5.74, 6) is -1.80. The van der Waals surface area contributed by atoms with Crippen LogP contribution in [0.1, 0.15) is 60.3 Å². The molecule has 9 nitrogen and oxygen atoms in total. The second-order valence-electron chi connectivity index (χ2n) is 14.8. The van der Waals surface area contributed by atoms with Crippen LogP contribution in [-0.4, -0.2) is 64.9 Å². The zero-order valence-electron chi connectivity index (χ0n) is 24.9. The van der Waals surface area contributed by atoms with Crippen molar-refractivity contribution in [2.45, 2.75) is 77.6 Å². The van der Waals surface area contributed by atoms with Gasteiger partial charge in [-0.2, -0.15) is 0 Å². The minimum absolute atomic E-state index is 0.0232. The maximum absolute atomic E-state index is 14.3. The second-order valence-corrected chi connectivity index (χ2v) is 14.8. The molecular formula is C33H38O9. The Labute approximate surface area is 244 Å². The van der Waals surface area contributed by atoms with Gasteiger partial charge in [-0.05, 0) is 91.6 Å². The first-order valence-electron chi connectivity index (χ1n) is 15.3. The van der Waals surface area contributed by atoms with Gasteiger partial charge in [-0.15, -0.1) is 0 Å². The lowest BCUT2D eigenvalue weighted by molar-refractivity contribution is -0.172. The van der Waals surface area contributed by atoms with Gasteiger partial charge in [0.1, 0.15) is 6.10 Å². The van der Waals surface area contributed by atoms with Crippen molar-refractivity contribution in [1.29, 1.82) is 0 Å². The van der Waals surface area contributed by atoms with Crippen LogP contribution in [0.4, 0.5) is 0 Å². The monoisotopic (exact) mass is 578 g/mol. The maximum Gasteiger partial charge on any atom is 0.335 e. The minimum Gasteiger partial charge on any atom is -0.466 e. The fourth-order valence-electron chi connectivity index (χ4n) is 11.7. The molecule has 8 rings (SSSR count). The molecule has 0 saturated heterocycles. The number of Topliss-reactive ketones (excluding diaryl/α,β-unsaturated/α-hetero) is 1. The highest BCUT2D eigenvalue weighted by Crippen LogP contribution is 2.83. The summed E-state index contributed by atoms with van der Waals surface area (Å²) in [5, 5.41) is 24.4. The summed E-state index contributed by atoms with van der Waals surface area (Å²) in [5.41, 5.74) is -1.73. The summed E-state index contributed by atoms with van der Waals surface area (Å²) in [6.45, 7) is 9.10. The number of aliphatic hydroxyl groups excluding tert-OH is 1. The Kier molecular flexibility index (Phi) is 4.88. The van der Waals surface area contributed by atoms with Crippen molar-refractivity contribution in [1.82, 2.24) is 0 Å². The second kappa shape index (κ2) is 7.65. The molecule has 0 aromatic heterocycles. The Morgan fingerprint density at radius 3 is 2.45 bits per heavy atom. The lowest BCUT2D eigenvalue weighted by Gasteiger charge is -2.63. The number of fused-ring (bicyclic) bond motifs is 7. The van der Waals surface area contributed by atoms with Crippen molar-refractivity contribution in [3.63, 3.8) is 0 Å². The van der Waals surface area contributed by atoms with Crippen molar-refractivity contribution < 1.29 is 43.6 Å². The van der Waals surface area contributed by atoms with Crippen LogP contribution >= 0.6 is 0 Å². The third kappa shape index (κ3) is 2.63. The number of hydrogen-bond donors (Lipinski definition) is 2. The van der Waals surface area contributed by atoms with E-state index in [1.807, 2.05) is 6.92 Å². The maximum atomic E-state index is 14.3. The molecule has 12 atom stereocenters. The van der Waals surface area contributed by atoms with Crippen molar-refractivity contribution >= 4 is 23.7 Å². The highest BCUT2D eigenvalue weighted by Gasteiger charge is 2.84. The minimum atomic E-state index is -1.44. The molecule has 42 heavy (non-hydrogen) atoms. The van der Waals surface area contributed by atoms with Crippen molar-refractivity contribution in [2.24, 2.45) is 52.3 Å². The van der Waals surface area contributed by atoms with E-state index in [1.54, 1.807) is 6.92 Å². The van der Waals surface area contributed by atoms with Crippen LogP contribution in [0.3, 0.4) is 0 Å². The molecule has 0 unspecified atom stereocenters. The fourth-order valence-corrected chi connectivity index (χ4v) is 11.7. The van der Waals surface area contributed by atoms with E-state index in [9.17, 15) is 29.4 Å². The quantitative estimate of drug-likeness (QED) is 0.294. The van der Waals surface area contributed by atoms with Crippen molar-refractivity contribution in [3.8, 4) is 0 Å². The molecule has 5 saturated carbocycles. The van der Waals surface area contributed by atoms with Crippen LogP contribution in [0.25, 0.3) is 0 Å². The molecule has 2 N–H and O–H groups in total. The third-order valence-corrected chi connectivity index (χ3v) is 13.6. The number of hydrogen-bond acceptors (Lipinski definition) is 9. The Morgan fingerprint density at radius 2 is 1.79 bits per heavy atom. The largest absolute Gasteiger partial charge is 0.466 e. The lowest BCUT2D eigenvalue weighted by atomic mass is 9.43. The summed E-state index contributed by atoms with van der Waals surface area (Å²) in [6, 6.07) is 0. The number of carbonyl (C=O) groups excluding carboxylic acids is 4. The third-order valence-electron chi connectivity index (χ3n) is 13.6. The zero-order valence-corrected chi connectivity index (χ0v) is 24.9. The highest BCUT2D eigenvalue weighted by atomic mass is 16.6. The van der Waals surface area contributed by atoms with E-state index in [2.05, 4.69) is 6.92 Å².